The maximum atomic E-state index is 13.3. The molecule has 5 N–H and O–H groups in total. The zero-order valence-corrected chi connectivity index (χ0v) is 29.2. The van der Waals surface area contributed by atoms with Gasteiger partial charge in [-0.15, -0.1) is 0 Å². The van der Waals surface area contributed by atoms with Crippen LogP contribution in [0.1, 0.15) is 49.0 Å². The van der Waals surface area contributed by atoms with E-state index in [1.165, 1.54) is 12.1 Å². The number of hydrogen-bond acceptors (Lipinski definition) is 8. The summed E-state index contributed by atoms with van der Waals surface area (Å²) in [5.41, 5.74) is 6.37. The minimum atomic E-state index is -0.836. The van der Waals surface area contributed by atoms with E-state index in [9.17, 15) is 24.6 Å². The number of piperidine rings is 1. The Morgan fingerprint density at radius 1 is 0.980 bits per heavy atom. The van der Waals surface area contributed by atoms with Crippen molar-refractivity contribution in [1.29, 1.82) is 0 Å². The van der Waals surface area contributed by atoms with Crippen molar-refractivity contribution in [2.45, 2.75) is 51.9 Å². The SMILES string of the molecule is CCN(C(=O)CCN1CCC(OC(=O)Nc2ccccc2-c2ccccc2)CC1)c1ccc(CNCC(O)c2ccc(O)c(NC=O)c2)c(C)c1. The molecule has 0 aliphatic carbocycles. The van der Waals surface area contributed by atoms with E-state index < -0.39 is 12.2 Å². The van der Waals surface area contributed by atoms with Crippen LogP contribution in [-0.4, -0.2) is 72.4 Å². The topological polar surface area (TPSA) is 143 Å². The highest BCUT2D eigenvalue weighted by molar-refractivity contribution is 5.93. The van der Waals surface area contributed by atoms with Crippen molar-refractivity contribution in [3.63, 3.8) is 0 Å². The summed E-state index contributed by atoms with van der Waals surface area (Å²) < 4.78 is 5.78. The first-order valence-electron chi connectivity index (χ1n) is 17.4. The lowest BCUT2D eigenvalue weighted by molar-refractivity contribution is -0.119. The number of amides is 3. The van der Waals surface area contributed by atoms with Gasteiger partial charge in [0.05, 0.1) is 17.5 Å². The van der Waals surface area contributed by atoms with Crippen LogP contribution in [-0.2, 0) is 20.9 Å². The fourth-order valence-electron chi connectivity index (χ4n) is 6.34. The number of aryl methyl sites for hydroxylation is 1. The van der Waals surface area contributed by atoms with E-state index >= 15 is 0 Å². The normalized spacial score (nSPS) is 14.0. The predicted molar refractivity (Wildman–Crippen MR) is 200 cm³/mol. The number of hydrogen-bond donors (Lipinski definition) is 5. The molecule has 0 bridgehead atoms. The van der Waals surface area contributed by atoms with Gasteiger partial charge in [-0.25, -0.2) is 4.79 Å². The molecule has 1 heterocycles. The summed E-state index contributed by atoms with van der Waals surface area (Å²) in [6, 6.07) is 28.1. The number of likely N-dealkylation sites (tertiary alicyclic amines) is 1. The summed E-state index contributed by atoms with van der Waals surface area (Å²) in [6.45, 7) is 7.43. The van der Waals surface area contributed by atoms with E-state index in [0.29, 0.717) is 56.6 Å². The number of carbonyl (C=O) groups excluding carboxylic acids is 3. The number of benzene rings is 4. The first kappa shape index (κ1) is 37.0. The summed E-state index contributed by atoms with van der Waals surface area (Å²) in [6.07, 6.45) is 0.795. The third kappa shape index (κ3) is 10.2. The monoisotopic (exact) mass is 693 g/mol. The van der Waals surface area contributed by atoms with Crippen LogP contribution in [0.5, 0.6) is 5.75 Å². The summed E-state index contributed by atoms with van der Waals surface area (Å²) in [7, 11) is 0. The maximum Gasteiger partial charge on any atom is 0.411 e. The smallest absolute Gasteiger partial charge is 0.411 e. The number of ether oxygens (including phenoxy) is 1. The molecule has 0 aromatic heterocycles. The van der Waals surface area contributed by atoms with Gasteiger partial charge in [0.1, 0.15) is 11.9 Å². The molecule has 0 radical (unpaired) electrons. The Morgan fingerprint density at radius 3 is 2.45 bits per heavy atom. The van der Waals surface area contributed by atoms with Crippen molar-refractivity contribution in [3.05, 3.63) is 108 Å². The number of phenols is 1. The van der Waals surface area contributed by atoms with Crippen LogP contribution in [0.2, 0.25) is 0 Å². The Balaban J connectivity index is 1.05. The van der Waals surface area contributed by atoms with Crippen molar-refractivity contribution in [2.24, 2.45) is 0 Å². The van der Waals surface area contributed by atoms with E-state index in [1.54, 1.807) is 11.0 Å². The van der Waals surface area contributed by atoms with Crippen LogP contribution in [0, 0.1) is 6.92 Å². The molecule has 5 rings (SSSR count). The number of rotatable bonds is 15. The lowest BCUT2D eigenvalue weighted by Crippen LogP contribution is -2.41. The Morgan fingerprint density at radius 2 is 1.73 bits per heavy atom. The highest BCUT2D eigenvalue weighted by Crippen LogP contribution is 2.29. The number of anilines is 3. The van der Waals surface area contributed by atoms with E-state index in [2.05, 4.69) is 20.9 Å². The molecule has 0 spiro atoms. The maximum absolute atomic E-state index is 13.3. The molecule has 4 aromatic rings. The van der Waals surface area contributed by atoms with Crippen LogP contribution >= 0.6 is 0 Å². The molecule has 1 aliphatic rings. The third-order valence-electron chi connectivity index (χ3n) is 9.23. The Labute approximate surface area is 299 Å². The molecule has 51 heavy (non-hydrogen) atoms. The zero-order chi connectivity index (χ0) is 36.2. The van der Waals surface area contributed by atoms with Crippen molar-refractivity contribution < 1.29 is 29.3 Å². The fourth-order valence-corrected chi connectivity index (χ4v) is 6.34. The lowest BCUT2D eigenvalue weighted by atomic mass is 10.0. The summed E-state index contributed by atoms with van der Waals surface area (Å²) in [5, 5.41) is 29.1. The van der Waals surface area contributed by atoms with Gasteiger partial charge in [-0.05, 0) is 79.3 Å². The van der Waals surface area contributed by atoms with Gasteiger partial charge in [0.15, 0.2) is 0 Å². The molecule has 268 valence electrons. The lowest BCUT2D eigenvalue weighted by Gasteiger charge is -2.32. The molecule has 1 fully saturated rings. The molecular weight excluding hydrogens is 646 g/mol. The van der Waals surface area contributed by atoms with Crippen molar-refractivity contribution in [2.75, 3.05) is 48.3 Å². The Hall–Kier alpha value is -5.23. The highest BCUT2D eigenvalue weighted by atomic mass is 16.6. The van der Waals surface area contributed by atoms with E-state index in [1.807, 2.05) is 86.6 Å². The van der Waals surface area contributed by atoms with Gasteiger partial charge in [-0.2, -0.15) is 0 Å². The molecule has 1 aliphatic heterocycles. The second kappa shape index (κ2) is 18.1. The number of aliphatic hydroxyl groups is 1. The van der Waals surface area contributed by atoms with Gasteiger partial charge in [0.25, 0.3) is 0 Å². The summed E-state index contributed by atoms with van der Waals surface area (Å²) >= 11 is 0. The standard InChI is InChI=1S/C40H47N5O6/c1-3-45(32-15-13-31(28(2)23-32)25-41-26-38(48)30-14-16-37(47)36(24-30)42-27-46)39(49)19-22-44-20-17-33(18-21-44)51-40(50)43-35-12-8-7-11-34(35)29-9-5-4-6-10-29/h4-16,23-24,27,33,38,41,47-48H,3,17-22,25-26H2,1-2H3,(H,42,46)(H,43,50). The molecule has 1 saturated heterocycles. The van der Waals surface area contributed by atoms with Gasteiger partial charge in [0.2, 0.25) is 12.3 Å². The second-order valence-electron chi connectivity index (χ2n) is 12.7. The summed E-state index contributed by atoms with van der Waals surface area (Å²) in [4.78, 5) is 40.9. The van der Waals surface area contributed by atoms with E-state index in [4.69, 9.17) is 4.74 Å². The quantitative estimate of drug-likeness (QED) is 0.0730. The number of para-hydroxylation sites is 1. The number of carbonyl (C=O) groups is 3. The van der Waals surface area contributed by atoms with Gasteiger partial charge >= 0.3 is 6.09 Å². The number of nitrogens with zero attached hydrogens (tertiary/aromatic N) is 2. The van der Waals surface area contributed by atoms with Crippen LogP contribution in [0.15, 0.2) is 91.0 Å². The number of nitrogens with one attached hydrogen (secondary N) is 3. The van der Waals surface area contributed by atoms with Gasteiger partial charge < -0.3 is 35.4 Å². The minimum Gasteiger partial charge on any atom is -0.506 e. The molecule has 0 saturated carbocycles. The molecule has 1 unspecified atom stereocenters. The van der Waals surface area contributed by atoms with Gasteiger partial charge in [-0.3, -0.25) is 14.9 Å². The van der Waals surface area contributed by atoms with E-state index in [-0.39, 0.29) is 30.0 Å². The van der Waals surface area contributed by atoms with Crippen LogP contribution in [0.3, 0.4) is 0 Å². The molecule has 4 aromatic carbocycles. The van der Waals surface area contributed by atoms with Crippen LogP contribution in [0.4, 0.5) is 21.9 Å². The zero-order valence-electron chi connectivity index (χ0n) is 29.2. The van der Waals surface area contributed by atoms with Crippen molar-refractivity contribution >= 4 is 35.5 Å². The summed E-state index contributed by atoms with van der Waals surface area (Å²) in [5.74, 6) is -0.0187. The first-order valence-corrected chi connectivity index (χ1v) is 17.4. The number of aliphatic hydroxyl groups excluding tert-OH is 1. The Bertz CT molecular complexity index is 1780. The fraction of sp³-hybridized carbons (Fsp3) is 0.325. The average Bonchev–Trinajstić information content (AvgIpc) is 3.14. The van der Waals surface area contributed by atoms with Crippen LogP contribution < -0.4 is 20.9 Å². The predicted octanol–water partition coefficient (Wildman–Crippen LogP) is 6.22. The number of phenolic OH excluding ortho intramolecular Hbond substituents is 1. The number of aromatic hydroxyl groups is 1. The largest absolute Gasteiger partial charge is 0.506 e. The first-order chi connectivity index (χ1) is 24.7. The van der Waals surface area contributed by atoms with Crippen LogP contribution in [0.25, 0.3) is 11.1 Å². The Kier molecular flexibility index (Phi) is 13.2. The van der Waals surface area contributed by atoms with Gasteiger partial charge in [-0.1, -0.05) is 60.7 Å². The molecule has 1 atom stereocenters. The highest BCUT2D eigenvalue weighted by Gasteiger charge is 2.24. The van der Waals surface area contributed by atoms with E-state index in [0.717, 1.165) is 41.0 Å². The van der Waals surface area contributed by atoms with Crippen molar-refractivity contribution in [3.8, 4) is 16.9 Å². The molecule has 11 nitrogen and oxygen atoms in total. The second-order valence-corrected chi connectivity index (χ2v) is 12.7. The third-order valence-corrected chi connectivity index (χ3v) is 9.23. The molecule has 11 heteroatoms. The molecular formula is C40H47N5O6. The average molecular weight is 694 g/mol. The molecule has 3 amide bonds. The minimum absolute atomic E-state index is 0.0538. The van der Waals surface area contributed by atoms with Crippen molar-refractivity contribution in [1.82, 2.24) is 10.2 Å². The van der Waals surface area contributed by atoms with Gasteiger partial charge in [0, 0.05) is 56.9 Å².